The van der Waals surface area contributed by atoms with Gasteiger partial charge in [0.15, 0.2) is 0 Å². The van der Waals surface area contributed by atoms with Crippen molar-refractivity contribution in [3.05, 3.63) is 53.6 Å². The van der Waals surface area contributed by atoms with Crippen molar-refractivity contribution >= 4 is 27.4 Å². The molecule has 0 unspecified atom stereocenters. The summed E-state index contributed by atoms with van der Waals surface area (Å²) in [4.78, 5) is 12.2. The summed E-state index contributed by atoms with van der Waals surface area (Å²) in [6.45, 7) is 2.88. The summed E-state index contributed by atoms with van der Waals surface area (Å²) in [6, 6.07) is 12.9. The Hall–Kier alpha value is -2.74. The third kappa shape index (κ3) is 5.44. The van der Waals surface area contributed by atoms with Gasteiger partial charge in [-0.25, -0.2) is 13.2 Å². The van der Waals surface area contributed by atoms with Crippen molar-refractivity contribution in [3.63, 3.8) is 0 Å². The molecule has 0 saturated heterocycles. The lowest BCUT2D eigenvalue weighted by Crippen LogP contribution is -2.37. The number of carbonyl (C=O) groups is 1. The van der Waals surface area contributed by atoms with Crippen LogP contribution in [-0.4, -0.2) is 40.4 Å². The molecule has 0 spiro atoms. The fraction of sp³-hybridized carbons (Fsp3) is 0.409. The zero-order chi connectivity index (χ0) is 21.6. The standard InChI is InChI=1S/C22H29N3O4S/c1-3-15-30(27,28)25-14-4-5-18-16-19(8-11-21(18)25)24-22(26)23-13-12-17-6-9-20(29-2)10-7-17/h6-11,16H,3-5,12-15H2,1-2H3,(H2,23,24,26). The Morgan fingerprint density at radius 2 is 1.93 bits per heavy atom. The number of carbonyl (C=O) groups excluding carboxylic acids is 1. The minimum atomic E-state index is -3.30. The van der Waals surface area contributed by atoms with E-state index in [1.807, 2.05) is 37.3 Å². The molecule has 0 aliphatic carbocycles. The van der Waals surface area contributed by atoms with E-state index < -0.39 is 10.0 Å². The maximum absolute atomic E-state index is 12.5. The largest absolute Gasteiger partial charge is 0.497 e. The molecule has 0 bridgehead atoms. The van der Waals surface area contributed by atoms with Gasteiger partial charge in [-0.2, -0.15) is 0 Å². The van der Waals surface area contributed by atoms with E-state index in [4.69, 9.17) is 4.74 Å². The summed E-state index contributed by atoms with van der Waals surface area (Å²) in [5.74, 6) is 0.946. The van der Waals surface area contributed by atoms with E-state index in [0.717, 1.165) is 35.4 Å². The summed E-state index contributed by atoms with van der Waals surface area (Å²) in [5.41, 5.74) is 3.43. The molecule has 1 heterocycles. The minimum Gasteiger partial charge on any atom is -0.497 e. The fourth-order valence-electron chi connectivity index (χ4n) is 3.59. The second kappa shape index (κ2) is 9.84. The zero-order valence-electron chi connectivity index (χ0n) is 17.5. The maximum Gasteiger partial charge on any atom is 0.319 e. The first-order chi connectivity index (χ1) is 14.4. The zero-order valence-corrected chi connectivity index (χ0v) is 18.3. The molecule has 8 heteroatoms. The molecule has 0 fully saturated rings. The maximum atomic E-state index is 12.5. The minimum absolute atomic E-state index is 0.142. The van der Waals surface area contributed by atoms with Gasteiger partial charge in [-0.05, 0) is 67.1 Å². The van der Waals surface area contributed by atoms with Gasteiger partial charge in [0.05, 0.1) is 18.6 Å². The number of urea groups is 1. The highest BCUT2D eigenvalue weighted by Crippen LogP contribution is 2.32. The normalized spacial score (nSPS) is 13.5. The topological polar surface area (TPSA) is 87.7 Å². The molecule has 0 aromatic heterocycles. The van der Waals surface area contributed by atoms with Crippen LogP contribution < -0.4 is 19.7 Å². The molecule has 3 rings (SSSR count). The molecule has 0 radical (unpaired) electrons. The number of aryl methyl sites for hydroxylation is 1. The molecule has 2 aromatic rings. The molecule has 2 aromatic carbocycles. The quantitative estimate of drug-likeness (QED) is 0.669. The monoisotopic (exact) mass is 431 g/mol. The Kier molecular flexibility index (Phi) is 7.20. The van der Waals surface area contributed by atoms with Crippen molar-refractivity contribution in [2.45, 2.75) is 32.6 Å². The van der Waals surface area contributed by atoms with Gasteiger partial charge in [-0.1, -0.05) is 19.1 Å². The van der Waals surface area contributed by atoms with Crippen LogP contribution in [0, 0.1) is 0 Å². The van der Waals surface area contributed by atoms with E-state index in [1.165, 1.54) is 4.31 Å². The Morgan fingerprint density at radius 1 is 1.17 bits per heavy atom. The third-order valence-electron chi connectivity index (χ3n) is 5.07. The SMILES string of the molecule is CCCS(=O)(=O)N1CCCc2cc(NC(=O)NCCc3ccc(OC)cc3)ccc21. The second-order valence-corrected chi connectivity index (χ2v) is 9.33. The first-order valence-electron chi connectivity index (χ1n) is 10.2. The lowest BCUT2D eigenvalue weighted by Gasteiger charge is -2.30. The molecule has 162 valence electrons. The Labute approximate surface area is 178 Å². The van der Waals surface area contributed by atoms with Crippen LogP contribution >= 0.6 is 0 Å². The Balaban J connectivity index is 1.57. The van der Waals surface area contributed by atoms with Crippen LogP contribution in [0.4, 0.5) is 16.2 Å². The molecular weight excluding hydrogens is 402 g/mol. The van der Waals surface area contributed by atoms with Crippen molar-refractivity contribution in [3.8, 4) is 5.75 Å². The molecule has 0 saturated carbocycles. The van der Waals surface area contributed by atoms with Crippen LogP contribution in [0.5, 0.6) is 5.75 Å². The number of anilines is 2. The van der Waals surface area contributed by atoms with Gasteiger partial charge in [-0.15, -0.1) is 0 Å². The summed E-state index contributed by atoms with van der Waals surface area (Å²) < 4.78 is 31.7. The molecular formula is C22H29N3O4S. The first-order valence-corrected chi connectivity index (χ1v) is 11.8. The van der Waals surface area contributed by atoms with Crippen molar-refractivity contribution in [1.29, 1.82) is 0 Å². The van der Waals surface area contributed by atoms with Crippen LogP contribution in [0.15, 0.2) is 42.5 Å². The smallest absolute Gasteiger partial charge is 0.319 e. The summed E-state index contributed by atoms with van der Waals surface area (Å²) in [6.07, 6.45) is 2.87. The number of hydrogen-bond donors (Lipinski definition) is 2. The van der Waals surface area contributed by atoms with E-state index in [0.29, 0.717) is 31.6 Å². The lowest BCUT2D eigenvalue weighted by atomic mass is 10.0. The van der Waals surface area contributed by atoms with E-state index >= 15 is 0 Å². The van der Waals surface area contributed by atoms with Crippen LogP contribution in [-0.2, 0) is 22.9 Å². The molecule has 0 atom stereocenters. The van der Waals surface area contributed by atoms with Crippen molar-refractivity contribution in [2.24, 2.45) is 0 Å². The number of nitrogens with zero attached hydrogens (tertiary/aromatic N) is 1. The molecule has 2 N–H and O–H groups in total. The highest BCUT2D eigenvalue weighted by atomic mass is 32.2. The van der Waals surface area contributed by atoms with E-state index in [9.17, 15) is 13.2 Å². The van der Waals surface area contributed by atoms with Crippen LogP contribution in [0.1, 0.15) is 30.9 Å². The number of methoxy groups -OCH3 is 1. The average molecular weight is 432 g/mol. The van der Waals surface area contributed by atoms with Gasteiger partial charge < -0.3 is 15.4 Å². The van der Waals surface area contributed by atoms with Crippen LogP contribution in [0.25, 0.3) is 0 Å². The number of fused-ring (bicyclic) bond motifs is 1. The van der Waals surface area contributed by atoms with Gasteiger partial charge in [-0.3, -0.25) is 4.31 Å². The van der Waals surface area contributed by atoms with Crippen LogP contribution in [0.3, 0.4) is 0 Å². The fourth-order valence-corrected chi connectivity index (χ4v) is 5.21. The Morgan fingerprint density at radius 3 is 2.63 bits per heavy atom. The van der Waals surface area contributed by atoms with Crippen molar-refractivity contribution < 1.29 is 17.9 Å². The molecule has 1 aliphatic rings. The third-order valence-corrected chi connectivity index (χ3v) is 7.04. The summed E-state index contributed by atoms with van der Waals surface area (Å²) >= 11 is 0. The second-order valence-electron chi connectivity index (χ2n) is 7.31. The van der Waals surface area contributed by atoms with E-state index in [2.05, 4.69) is 10.6 Å². The lowest BCUT2D eigenvalue weighted by molar-refractivity contribution is 0.252. The Bertz CT molecular complexity index is 974. The predicted molar refractivity (Wildman–Crippen MR) is 120 cm³/mol. The highest BCUT2D eigenvalue weighted by Gasteiger charge is 2.26. The van der Waals surface area contributed by atoms with Crippen molar-refractivity contribution in [2.75, 3.05) is 35.6 Å². The van der Waals surface area contributed by atoms with Gasteiger partial charge in [0.1, 0.15) is 5.75 Å². The van der Waals surface area contributed by atoms with Crippen LogP contribution in [0.2, 0.25) is 0 Å². The number of amides is 2. The van der Waals surface area contributed by atoms with Gasteiger partial charge >= 0.3 is 6.03 Å². The van der Waals surface area contributed by atoms with E-state index in [1.54, 1.807) is 19.2 Å². The molecule has 7 nitrogen and oxygen atoms in total. The number of sulfonamides is 1. The number of nitrogens with one attached hydrogen (secondary N) is 2. The first kappa shape index (κ1) is 22.0. The average Bonchev–Trinajstić information content (AvgIpc) is 2.73. The molecule has 30 heavy (non-hydrogen) atoms. The van der Waals surface area contributed by atoms with Gasteiger partial charge in [0.2, 0.25) is 10.0 Å². The number of rotatable bonds is 8. The molecule has 1 aliphatic heterocycles. The summed E-state index contributed by atoms with van der Waals surface area (Å²) in [7, 11) is -1.67. The van der Waals surface area contributed by atoms with Gasteiger partial charge in [0, 0.05) is 18.8 Å². The van der Waals surface area contributed by atoms with Gasteiger partial charge in [0.25, 0.3) is 0 Å². The number of hydrogen-bond acceptors (Lipinski definition) is 4. The highest BCUT2D eigenvalue weighted by molar-refractivity contribution is 7.92. The number of ether oxygens (including phenoxy) is 1. The number of benzene rings is 2. The summed E-state index contributed by atoms with van der Waals surface area (Å²) in [5, 5.41) is 5.69. The predicted octanol–water partition coefficient (Wildman–Crippen LogP) is 3.55. The molecule has 2 amide bonds. The van der Waals surface area contributed by atoms with E-state index in [-0.39, 0.29) is 11.8 Å². The van der Waals surface area contributed by atoms with Crippen molar-refractivity contribution in [1.82, 2.24) is 5.32 Å².